The van der Waals surface area contributed by atoms with Crippen molar-refractivity contribution in [2.24, 2.45) is 10.9 Å². The summed E-state index contributed by atoms with van der Waals surface area (Å²) in [5, 5.41) is 6.58. The minimum Gasteiger partial charge on any atom is -0.488 e. The van der Waals surface area contributed by atoms with Crippen LogP contribution in [-0.4, -0.2) is 45.4 Å². The van der Waals surface area contributed by atoms with Gasteiger partial charge in [0.2, 0.25) is 0 Å². The molecule has 1 atom stereocenters. The van der Waals surface area contributed by atoms with Gasteiger partial charge in [-0.25, -0.2) is 0 Å². The molecule has 0 spiro atoms. The predicted molar refractivity (Wildman–Crippen MR) is 87.5 cm³/mol. The van der Waals surface area contributed by atoms with Crippen LogP contribution >= 0.6 is 0 Å². The fraction of sp³-hybridized carbons (Fsp3) is 0.588. The molecule has 1 aliphatic carbocycles. The number of aliphatic imine (C=N–C) groups is 1. The summed E-state index contributed by atoms with van der Waals surface area (Å²) in [5.74, 6) is 2.62. The molecule has 1 unspecified atom stereocenters. The molecule has 1 fully saturated rings. The highest BCUT2D eigenvalue weighted by atomic mass is 16.5. The number of hydrogen-bond acceptors (Lipinski definition) is 3. The summed E-state index contributed by atoms with van der Waals surface area (Å²) in [6.45, 7) is 3.15. The minimum absolute atomic E-state index is 0.169. The number of nitrogens with zero attached hydrogens (tertiary/aromatic N) is 1. The smallest absolute Gasteiger partial charge is 0.191 e. The van der Waals surface area contributed by atoms with Gasteiger partial charge in [-0.3, -0.25) is 4.99 Å². The lowest BCUT2D eigenvalue weighted by molar-refractivity contribution is 0.129. The summed E-state index contributed by atoms with van der Waals surface area (Å²) in [4.78, 5) is 4.23. The topological polar surface area (TPSA) is 54.9 Å². The van der Waals surface area contributed by atoms with Gasteiger partial charge < -0.3 is 20.1 Å². The largest absolute Gasteiger partial charge is 0.488 e. The van der Waals surface area contributed by atoms with Crippen molar-refractivity contribution in [1.82, 2.24) is 10.6 Å². The summed E-state index contributed by atoms with van der Waals surface area (Å²) < 4.78 is 11.5. The number of hydrogen-bond donors (Lipinski definition) is 2. The predicted octanol–water partition coefficient (Wildman–Crippen LogP) is 1.58. The van der Waals surface area contributed by atoms with Gasteiger partial charge in [0.1, 0.15) is 11.9 Å². The number of nitrogens with one attached hydrogen (secondary N) is 2. The summed E-state index contributed by atoms with van der Waals surface area (Å²) in [7, 11) is 1.78. The van der Waals surface area contributed by atoms with Gasteiger partial charge in [0.05, 0.1) is 13.2 Å². The quantitative estimate of drug-likeness (QED) is 0.456. The van der Waals surface area contributed by atoms with E-state index in [1.807, 2.05) is 12.1 Å². The zero-order valence-electron chi connectivity index (χ0n) is 13.2. The zero-order valence-corrected chi connectivity index (χ0v) is 13.2. The third kappa shape index (κ3) is 4.37. The first-order valence-electron chi connectivity index (χ1n) is 8.12. The van der Waals surface area contributed by atoms with Crippen molar-refractivity contribution >= 4 is 5.96 Å². The Kier molecular flexibility index (Phi) is 5.16. The molecule has 1 aliphatic heterocycles. The zero-order chi connectivity index (χ0) is 15.2. The normalized spacial score (nSPS) is 20.4. The van der Waals surface area contributed by atoms with Crippen molar-refractivity contribution in [1.29, 1.82) is 0 Å². The van der Waals surface area contributed by atoms with E-state index in [4.69, 9.17) is 9.47 Å². The van der Waals surface area contributed by atoms with Gasteiger partial charge in [0, 0.05) is 26.6 Å². The number of para-hydroxylation sites is 1. The number of benzene rings is 1. The fourth-order valence-electron chi connectivity index (χ4n) is 2.58. The number of fused-ring (bicyclic) bond motifs is 1. The molecule has 1 aromatic rings. The lowest BCUT2D eigenvalue weighted by Crippen LogP contribution is -2.43. The Labute approximate surface area is 132 Å². The molecule has 1 saturated carbocycles. The van der Waals surface area contributed by atoms with Crippen LogP contribution in [0.4, 0.5) is 0 Å². The molecule has 0 radical (unpaired) electrons. The van der Waals surface area contributed by atoms with Crippen LogP contribution in [0.2, 0.25) is 0 Å². The van der Waals surface area contributed by atoms with Gasteiger partial charge >= 0.3 is 0 Å². The average molecular weight is 303 g/mol. The Balaban J connectivity index is 1.31. The van der Waals surface area contributed by atoms with E-state index in [1.165, 1.54) is 18.4 Å². The van der Waals surface area contributed by atoms with Crippen LogP contribution in [0.5, 0.6) is 5.75 Å². The molecular formula is C17H25N3O2. The van der Waals surface area contributed by atoms with Gasteiger partial charge in [-0.05, 0) is 30.4 Å². The number of ether oxygens (including phenoxy) is 2. The van der Waals surface area contributed by atoms with Crippen molar-refractivity contribution in [2.45, 2.75) is 25.4 Å². The third-order valence-corrected chi connectivity index (χ3v) is 4.02. The van der Waals surface area contributed by atoms with Gasteiger partial charge in [-0.1, -0.05) is 18.2 Å². The third-order valence-electron chi connectivity index (χ3n) is 4.02. The summed E-state index contributed by atoms with van der Waals surface area (Å²) >= 11 is 0. The highest BCUT2D eigenvalue weighted by molar-refractivity contribution is 5.79. The van der Waals surface area contributed by atoms with Crippen LogP contribution in [0.15, 0.2) is 29.3 Å². The molecule has 1 heterocycles. The monoisotopic (exact) mass is 303 g/mol. The minimum atomic E-state index is 0.169. The molecule has 1 aromatic carbocycles. The van der Waals surface area contributed by atoms with Gasteiger partial charge in [0.15, 0.2) is 5.96 Å². The maximum absolute atomic E-state index is 5.91. The molecule has 5 heteroatoms. The van der Waals surface area contributed by atoms with Crippen LogP contribution < -0.4 is 15.4 Å². The van der Waals surface area contributed by atoms with Crippen molar-refractivity contribution in [3.8, 4) is 5.75 Å². The Hall–Kier alpha value is -1.75. The van der Waals surface area contributed by atoms with Gasteiger partial charge in [-0.2, -0.15) is 0 Å². The van der Waals surface area contributed by atoms with Crippen molar-refractivity contribution in [2.75, 3.05) is 33.4 Å². The fourth-order valence-corrected chi connectivity index (χ4v) is 2.58. The number of rotatable bonds is 7. The first-order chi connectivity index (χ1) is 10.8. The molecule has 3 rings (SSSR count). The molecule has 0 amide bonds. The Bertz CT molecular complexity index is 489. The lowest BCUT2D eigenvalue weighted by atomic mass is 10.1. The van der Waals surface area contributed by atoms with E-state index in [9.17, 15) is 0 Å². The first-order valence-corrected chi connectivity index (χ1v) is 8.12. The maximum Gasteiger partial charge on any atom is 0.191 e. The Morgan fingerprint density at radius 3 is 2.95 bits per heavy atom. The standard InChI is InChI=1S/C17H25N3O2/c1-18-17(19-8-9-21-12-13-6-7-13)20-11-15-10-14-4-2-3-5-16(14)22-15/h2-5,13,15H,6-12H2,1H3,(H2,18,19,20). The Morgan fingerprint density at radius 2 is 2.18 bits per heavy atom. The van der Waals surface area contributed by atoms with Crippen LogP contribution in [0.1, 0.15) is 18.4 Å². The first kappa shape index (κ1) is 15.2. The maximum atomic E-state index is 5.91. The molecule has 0 aromatic heterocycles. The second-order valence-electron chi connectivity index (χ2n) is 5.95. The highest BCUT2D eigenvalue weighted by Gasteiger charge is 2.22. The summed E-state index contributed by atoms with van der Waals surface area (Å²) in [6, 6.07) is 8.22. The number of guanidine groups is 1. The van der Waals surface area contributed by atoms with E-state index < -0.39 is 0 Å². The van der Waals surface area contributed by atoms with Crippen LogP contribution in [0.3, 0.4) is 0 Å². The average Bonchev–Trinajstić information content (AvgIpc) is 3.27. The highest BCUT2D eigenvalue weighted by Crippen LogP contribution is 2.28. The van der Waals surface area contributed by atoms with E-state index in [0.717, 1.165) is 50.4 Å². The van der Waals surface area contributed by atoms with E-state index in [-0.39, 0.29) is 6.10 Å². The molecule has 0 saturated heterocycles. The summed E-state index contributed by atoms with van der Waals surface area (Å²) in [6.07, 6.45) is 3.79. The SMILES string of the molecule is CN=C(NCCOCC1CC1)NCC1Cc2ccccc2O1. The van der Waals surface area contributed by atoms with E-state index in [1.54, 1.807) is 7.05 Å². The van der Waals surface area contributed by atoms with Gasteiger partial charge in [0.25, 0.3) is 0 Å². The molecule has 22 heavy (non-hydrogen) atoms. The van der Waals surface area contributed by atoms with E-state index in [2.05, 4.69) is 27.8 Å². The lowest BCUT2D eigenvalue weighted by Gasteiger charge is -2.15. The van der Waals surface area contributed by atoms with Crippen molar-refractivity contribution in [3.63, 3.8) is 0 Å². The molecular weight excluding hydrogens is 278 g/mol. The molecule has 0 bridgehead atoms. The second-order valence-corrected chi connectivity index (χ2v) is 5.95. The van der Waals surface area contributed by atoms with Crippen molar-refractivity contribution in [3.05, 3.63) is 29.8 Å². The molecule has 120 valence electrons. The van der Waals surface area contributed by atoms with Crippen molar-refractivity contribution < 1.29 is 9.47 Å². The van der Waals surface area contributed by atoms with Crippen LogP contribution in [-0.2, 0) is 11.2 Å². The molecule has 2 aliphatic rings. The molecule has 2 N–H and O–H groups in total. The summed E-state index contributed by atoms with van der Waals surface area (Å²) in [5.41, 5.74) is 1.28. The molecule has 5 nitrogen and oxygen atoms in total. The second kappa shape index (κ2) is 7.49. The van der Waals surface area contributed by atoms with Gasteiger partial charge in [-0.15, -0.1) is 0 Å². The van der Waals surface area contributed by atoms with Crippen LogP contribution in [0, 0.1) is 5.92 Å². The Morgan fingerprint density at radius 1 is 1.32 bits per heavy atom. The van der Waals surface area contributed by atoms with E-state index >= 15 is 0 Å². The van der Waals surface area contributed by atoms with E-state index in [0.29, 0.717) is 0 Å². The van der Waals surface area contributed by atoms with Crippen LogP contribution in [0.25, 0.3) is 0 Å².